The first-order chi connectivity index (χ1) is 13.0. The Hall–Kier alpha value is -2.64. The summed E-state index contributed by atoms with van der Waals surface area (Å²) in [6, 6.07) is 3.22. The summed E-state index contributed by atoms with van der Waals surface area (Å²) in [7, 11) is 0. The summed E-state index contributed by atoms with van der Waals surface area (Å²) in [6.07, 6.45) is 1.17. The van der Waals surface area contributed by atoms with Crippen LogP contribution in [-0.2, 0) is 4.79 Å². The molecule has 3 amide bonds. The molecule has 8 nitrogen and oxygen atoms in total. The van der Waals surface area contributed by atoms with E-state index in [1.165, 1.54) is 0 Å². The smallest absolute Gasteiger partial charge is 0.321 e. The quantitative estimate of drug-likeness (QED) is 0.723. The largest absolute Gasteiger partial charge is 0.490 e. The van der Waals surface area contributed by atoms with Gasteiger partial charge in [-0.25, -0.2) is 4.79 Å². The van der Waals surface area contributed by atoms with Crippen molar-refractivity contribution in [2.24, 2.45) is 11.7 Å². The predicted molar refractivity (Wildman–Crippen MR) is 102 cm³/mol. The fourth-order valence-corrected chi connectivity index (χ4v) is 3.03. The third-order valence-corrected chi connectivity index (χ3v) is 4.34. The number of hydrogen-bond acceptors (Lipinski definition) is 5. The normalized spacial score (nSPS) is 14.6. The maximum atomic E-state index is 12.6. The number of nitrogens with zero attached hydrogens (tertiary/aromatic N) is 1. The summed E-state index contributed by atoms with van der Waals surface area (Å²) >= 11 is 0. The zero-order valence-corrected chi connectivity index (χ0v) is 16.2. The minimum absolute atomic E-state index is 0.159. The number of benzene rings is 1. The third kappa shape index (κ3) is 5.42. The predicted octanol–water partition coefficient (Wildman–Crippen LogP) is 2.61. The molecule has 1 saturated heterocycles. The summed E-state index contributed by atoms with van der Waals surface area (Å²) in [6.45, 7) is 8.03. The molecule has 2 rings (SSSR count). The van der Waals surface area contributed by atoms with Crippen molar-refractivity contribution in [1.82, 2.24) is 4.90 Å². The second kappa shape index (κ2) is 9.89. The maximum absolute atomic E-state index is 12.6. The molecule has 1 heterocycles. The van der Waals surface area contributed by atoms with Crippen molar-refractivity contribution in [3.8, 4) is 17.2 Å². The van der Waals surface area contributed by atoms with Gasteiger partial charge >= 0.3 is 6.03 Å². The standard InChI is InChI=1S/C19H29N3O5/c1-4-25-15-11-14(12-16(26-5-2)17(15)27-6-3)21-19(24)22-9-7-13(8-10-22)18(20)23/h11-13H,4-10H2,1-3H3,(H2,20,23)(H,21,24). The van der Waals surface area contributed by atoms with E-state index in [0.29, 0.717) is 68.7 Å². The molecule has 1 aliphatic rings. The van der Waals surface area contributed by atoms with Crippen molar-refractivity contribution in [1.29, 1.82) is 0 Å². The molecule has 1 aliphatic heterocycles. The molecule has 0 saturated carbocycles. The summed E-state index contributed by atoms with van der Waals surface area (Å²) < 4.78 is 17.0. The maximum Gasteiger partial charge on any atom is 0.321 e. The monoisotopic (exact) mass is 379 g/mol. The number of likely N-dealkylation sites (tertiary alicyclic amines) is 1. The van der Waals surface area contributed by atoms with E-state index in [9.17, 15) is 9.59 Å². The highest BCUT2D eigenvalue weighted by Gasteiger charge is 2.26. The van der Waals surface area contributed by atoms with Crippen LogP contribution in [0.5, 0.6) is 17.2 Å². The molecule has 0 atom stereocenters. The van der Waals surface area contributed by atoms with Gasteiger partial charge in [0.25, 0.3) is 0 Å². The minimum Gasteiger partial charge on any atom is -0.490 e. The lowest BCUT2D eigenvalue weighted by atomic mass is 9.96. The van der Waals surface area contributed by atoms with Crippen LogP contribution < -0.4 is 25.3 Å². The van der Waals surface area contributed by atoms with Gasteiger partial charge < -0.3 is 30.2 Å². The fourth-order valence-electron chi connectivity index (χ4n) is 3.03. The number of piperidine rings is 1. The third-order valence-electron chi connectivity index (χ3n) is 4.34. The second-order valence-electron chi connectivity index (χ2n) is 6.19. The van der Waals surface area contributed by atoms with Gasteiger partial charge in [-0.3, -0.25) is 4.79 Å². The number of rotatable bonds is 8. The van der Waals surface area contributed by atoms with Crippen LogP contribution >= 0.6 is 0 Å². The summed E-state index contributed by atoms with van der Waals surface area (Å²) in [5, 5.41) is 2.88. The van der Waals surface area contributed by atoms with Gasteiger partial charge in [0, 0.05) is 31.1 Å². The van der Waals surface area contributed by atoms with Crippen molar-refractivity contribution in [2.45, 2.75) is 33.6 Å². The van der Waals surface area contributed by atoms with Crippen LogP contribution in [0.15, 0.2) is 12.1 Å². The van der Waals surface area contributed by atoms with E-state index in [1.807, 2.05) is 20.8 Å². The number of nitrogens with two attached hydrogens (primary N) is 1. The highest BCUT2D eigenvalue weighted by atomic mass is 16.5. The highest BCUT2D eigenvalue weighted by molar-refractivity contribution is 5.90. The molecular formula is C19H29N3O5. The molecule has 1 aromatic carbocycles. The molecule has 0 aliphatic carbocycles. The molecule has 27 heavy (non-hydrogen) atoms. The van der Waals surface area contributed by atoms with Gasteiger partial charge in [0.1, 0.15) is 0 Å². The highest BCUT2D eigenvalue weighted by Crippen LogP contribution is 2.41. The minimum atomic E-state index is -0.302. The Kier molecular flexibility index (Phi) is 7.57. The van der Waals surface area contributed by atoms with Crippen LogP contribution in [-0.4, -0.2) is 49.7 Å². The van der Waals surface area contributed by atoms with Crippen LogP contribution in [0.2, 0.25) is 0 Å². The lowest BCUT2D eigenvalue weighted by Gasteiger charge is -2.30. The van der Waals surface area contributed by atoms with Crippen LogP contribution in [0.25, 0.3) is 0 Å². The Bertz CT molecular complexity index is 630. The van der Waals surface area contributed by atoms with Gasteiger partial charge in [0.2, 0.25) is 11.7 Å². The van der Waals surface area contributed by atoms with Gasteiger partial charge in [-0.15, -0.1) is 0 Å². The van der Waals surface area contributed by atoms with Gasteiger partial charge in [-0.05, 0) is 33.6 Å². The van der Waals surface area contributed by atoms with E-state index in [4.69, 9.17) is 19.9 Å². The van der Waals surface area contributed by atoms with Crippen molar-refractivity contribution < 1.29 is 23.8 Å². The van der Waals surface area contributed by atoms with Crippen LogP contribution in [0.1, 0.15) is 33.6 Å². The van der Waals surface area contributed by atoms with Crippen molar-refractivity contribution in [3.05, 3.63) is 12.1 Å². The van der Waals surface area contributed by atoms with E-state index in [-0.39, 0.29) is 17.9 Å². The van der Waals surface area contributed by atoms with Crippen molar-refractivity contribution >= 4 is 17.6 Å². The Morgan fingerprint density at radius 1 is 1.04 bits per heavy atom. The fraction of sp³-hybridized carbons (Fsp3) is 0.579. The molecule has 0 spiro atoms. The molecular weight excluding hydrogens is 350 g/mol. The SMILES string of the molecule is CCOc1cc(NC(=O)N2CCC(C(N)=O)CC2)cc(OCC)c1OCC. The van der Waals surface area contributed by atoms with Gasteiger partial charge in [0.15, 0.2) is 11.5 Å². The molecule has 150 valence electrons. The van der Waals surface area contributed by atoms with Gasteiger partial charge in [-0.1, -0.05) is 0 Å². The number of anilines is 1. The first kappa shape index (κ1) is 20.7. The number of carbonyl (C=O) groups excluding carboxylic acids is 2. The average molecular weight is 379 g/mol. The van der Waals surface area contributed by atoms with E-state index < -0.39 is 0 Å². The Labute approximate surface area is 159 Å². The van der Waals surface area contributed by atoms with Crippen LogP contribution in [0, 0.1) is 5.92 Å². The molecule has 0 unspecified atom stereocenters. The topological polar surface area (TPSA) is 103 Å². The van der Waals surface area contributed by atoms with Gasteiger partial charge in [0.05, 0.1) is 25.5 Å². The van der Waals surface area contributed by atoms with E-state index in [1.54, 1.807) is 17.0 Å². The first-order valence-corrected chi connectivity index (χ1v) is 9.41. The van der Waals surface area contributed by atoms with Crippen LogP contribution in [0.4, 0.5) is 10.5 Å². The second-order valence-corrected chi connectivity index (χ2v) is 6.19. The molecule has 1 fully saturated rings. The van der Waals surface area contributed by atoms with E-state index in [2.05, 4.69) is 5.32 Å². The van der Waals surface area contributed by atoms with Gasteiger partial charge in [-0.2, -0.15) is 0 Å². The summed E-state index contributed by atoms with van der Waals surface area (Å²) in [4.78, 5) is 25.5. The zero-order valence-electron chi connectivity index (χ0n) is 16.2. The molecule has 1 aromatic rings. The molecule has 3 N–H and O–H groups in total. The lowest BCUT2D eigenvalue weighted by molar-refractivity contribution is -0.122. The zero-order chi connectivity index (χ0) is 19.8. The van der Waals surface area contributed by atoms with Crippen LogP contribution in [0.3, 0.4) is 0 Å². The number of amides is 3. The molecule has 8 heteroatoms. The molecule has 0 aromatic heterocycles. The number of ether oxygens (including phenoxy) is 3. The Balaban J connectivity index is 2.15. The van der Waals surface area contributed by atoms with E-state index >= 15 is 0 Å². The average Bonchev–Trinajstić information content (AvgIpc) is 2.65. The number of urea groups is 1. The lowest BCUT2D eigenvalue weighted by Crippen LogP contribution is -2.43. The Morgan fingerprint density at radius 3 is 2.00 bits per heavy atom. The molecule has 0 bridgehead atoms. The van der Waals surface area contributed by atoms with Crippen molar-refractivity contribution in [2.75, 3.05) is 38.2 Å². The number of nitrogens with one attached hydrogen (secondary N) is 1. The summed E-state index contributed by atoms with van der Waals surface area (Å²) in [5.41, 5.74) is 5.91. The Morgan fingerprint density at radius 2 is 1.56 bits per heavy atom. The number of hydrogen-bond donors (Lipinski definition) is 2. The number of carbonyl (C=O) groups is 2. The summed E-state index contributed by atoms with van der Waals surface area (Å²) in [5.74, 6) is 1.11. The van der Waals surface area contributed by atoms with E-state index in [0.717, 1.165) is 0 Å². The first-order valence-electron chi connectivity index (χ1n) is 9.41. The van der Waals surface area contributed by atoms with Crippen molar-refractivity contribution in [3.63, 3.8) is 0 Å². The number of primary amides is 1. The molecule has 0 radical (unpaired) electrons.